The van der Waals surface area contributed by atoms with Gasteiger partial charge in [-0.1, -0.05) is 12.2 Å². The molecule has 2 heterocycles. The number of halogens is 1. The van der Waals surface area contributed by atoms with Crippen LogP contribution in [0.15, 0.2) is 42.7 Å². The second kappa shape index (κ2) is 10.5. The van der Waals surface area contributed by atoms with Crippen LogP contribution in [0.2, 0.25) is 0 Å². The first-order valence-corrected chi connectivity index (χ1v) is 13.2. The van der Waals surface area contributed by atoms with Crippen LogP contribution < -0.4 is 20.1 Å². The molecule has 3 aromatic rings. The number of imidazole rings is 1. The number of allylic oxidation sites excluding steroid dienone is 1. The first-order valence-electron chi connectivity index (χ1n) is 10.6. The van der Waals surface area contributed by atoms with Gasteiger partial charge in [0.05, 0.1) is 26.1 Å². The molecule has 4 N–H and O–H groups in total. The highest BCUT2D eigenvalue weighted by Crippen LogP contribution is 2.46. The van der Waals surface area contributed by atoms with Crippen molar-refractivity contribution >= 4 is 53.4 Å². The highest BCUT2D eigenvalue weighted by molar-refractivity contribution is 14.1. The zero-order chi connectivity index (χ0) is 25.2. The SMILES string of the molecule is COc1nc(N)nc2c1ncn2[C@H]1C=C[C@@H](COP(=O)(N[C@@H](C)C(=O)O)Oc2ccc(I)cc2)C1. The zero-order valence-electron chi connectivity index (χ0n) is 18.9. The van der Waals surface area contributed by atoms with Gasteiger partial charge in [0.1, 0.15) is 11.8 Å². The first-order chi connectivity index (χ1) is 16.7. The van der Waals surface area contributed by atoms with Crippen molar-refractivity contribution in [1.82, 2.24) is 24.6 Å². The molecular formula is C21H24IN6O6P. The molecule has 186 valence electrons. The highest BCUT2D eigenvalue weighted by Gasteiger charge is 2.33. The fourth-order valence-electron chi connectivity index (χ4n) is 3.58. The lowest BCUT2D eigenvalue weighted by Gasteiger charge is -2.23. The minimum atomic E-state index is -4.00. The van der Waals surface area contributed by atoms with Crippen LogP contribution in [-0.4, -0.2) is 50.4 Å². The number of fused-ring (bicyclic) bond motifs is 1. The number of nitrogens with one attached hydrogen (secondary N) is 1. The lowest BCUT2D eigenvalue weighted by molar-refractivity contribution is -0.138. The van der Waals surface area contributed by atoms with Gasteiger partial charge in [-0.15, -0.1) is 0 Å². The maximum atomic E-state index is 13.4. The van der Waals surface area contributed by atoms with Crippen molar-refractivity contribution in [3.05, 3.63) is 46.3 Å². The Kier molecular flexibility index (Phi) is 7.59. The number of nitrogens with two attached hydrogens (primary N) is 1. The number of aromatic nitrogens is 4. The molecule has 0 amide bonds. The molecule has 1 unspecified atom stereocenters. The molecule has 35 heavy (non-hydrogen) atoms. The maximum absolute atomic E-state index is 13.4. The van der Waals surface area contributed by atoms with Crippen LogP contribution >= 0.6 is 30.3 Å². The molecule has 1 aromatic carbocycles. The fourth-order valence-corrected chi connectivity index (χ4v) is 5.50. The molecule has 0 fully saturated rings. The van der Waals surface area contributed by atoms with Crippen LogP contribution in [-0.2, 0) is 13.9 Å². The number of hydrogen-bond donors (Lipinski definition) is 3. The number of carboxylic acids is 1. The van der Waals surface area contributed by atoms with Gasteiger partial charge in [0, 0.05) is 9.49 Å². The number of nitrogen functional groups attached to an aromatic ring is 1. The maximum Gasteiger partial charge on any atom is 0.459 e. The monoisotopic (exact) mass is 614 g/mol. The van der Waals surface area contributed by atoms with E-state index < -0.39 is 19.8 Å². The van der Waals surface area contributed by atoms with Gasteiger partial charge in [-0.3, -0.25) is 9.32 Å². The van der Waals surface area contributed by atoms with Crippen LogP contribution in [0.4, 0.5) is 5.95 Å². The van der Waals surface area contributed by atoms with Crippen molar-refractivity contribution in [1.29, 1.82) is 0 Å². The first kappa shape index (κ1) is 25.4. The number of nitrogens with zero attached hydrogens (tertiary/aromatic N) is 4. The minimum absolute atomic E-state index is 0.0427. The third-order valence-electron chi connectivity index (χ3n) is 5.33. The van der Waals surface area contributed by atoms with E-state index in [-0.39, 0.29) is 24.5 Å². The molecule has 0 saturated heterocycles. The average molecular weight is 614 g/mol. The zero-order valence-corrected chi connectivity index (χ0v) is 21.9. The predicted octanol–water partition coefficient (Wildman–Crippen LogP) is 3.41. The Balaban J connectivity index is 1.46. The molecule has 2 aromatic heterocycles. The van der Waals surface area contributed by atoms with E-state index >= 15 is 0 Å². The number of methoxy groups -OCH3 is 1. The van der Waals surface area contributed by atoms with Gasteiger partial charge in [-0.2, -0.15) is 15.1 Å². The Morgan fingerprint density at radius 2 is 2.09 bits per heavy atom. The summed E-state index contributed by atoms with van der Waals surface area (Å²) in [6.07, 6.45) is 6.16. The number of anilines is 1. The van der Waals surface area contributed by atoms with E-state index in [1.165, 1.54) is 14.0 Å². The Hall–Kier alpha value is -2.74. The van der Waals surface area contributed by atoms with Gasteiger partial charge in [0.15, 0.2) is 11.2 Å². The Bertz CT molecular complexity index is 1300. The van der Waals surface area contributed by atoms with Gasteiger partial charge >= 0.3 is 13.7 Å². The van der Waals surface area contributed by atoms with Gasteiger partial charge in [-0.05, 0) is 60.2 Å². The predicted molar refractivity (Wildman–Crippen MR) is 136 cm³/mol. The molecule has 0 bridgehead atoms. The number of hydrogen-bond acceptors (Lipinski definition) is 9. The lowest BCUT2D eigenvalue weighted by Crippen LogP contribution is -2.33. The molecule has 4 rings (SSSR count). The van der Waals surface area contributed by atoms with E-state index in [0.717, 1.165) is 3.57 Å². The number of aliphatic carboxylic acids is 1. The standard InChI is InChI=1S/C21H24IN6O6P/c1-12(20(29)30)27-35(31,34-16-7-4-14(22)5-8-16)33-10-13-3-6-15(9-13)28-11-24-17-18(28)25-21(23)26-19(17)32-2/h3-8,11-13,15H,9-10H2,1-2H3,(H,27,31)(H,29,30)(H2,23,25,26)/t12-,13+,15-,35?/m0/s1. The summed E-state index contributed by atoms with van der Waals surface area (Å²) in [7, 11) is -2.51. The Morgan fingerprint density at radius 1 is 1.34 bits per heavy atom. The molecule has 0 radical (unpaired) electrons. The van der Waals surface area contributed by atoms with Gasteiger partial charge < -0.3 is 24.7 Å². The molecule has 12 nitrogen and oxygen atoms in total. The van der Waals surface area contributed by atoms with E-state index in [2.05, 4.69) is 42.6 Å². The van der Waals surface area contributed by atoms with Crippen molar-refractivity contribution in [2.24, 2.45) is 5.92 Å². The largest absolute Gasteiger partial charge is 0.480 e. The van der Waals surface area contributed by atoms with Gasteiger partial charge in [0.25, 0.3) is 0 Å². The number of carbonyl (C=O) groups is 1. The smallest absolute Gasteiger partial charge is 0.459 e. The summed E-state index contributed by atoms with van der Waals surface area (Å²) in [6.45, 7) is 1.41. The van der Waals surface area contributed by atoms with Crippen LogP contribution in [0, 0.1) is 9.49 Å². The van der Waals surface area contributed by atoms with E-state index in [0.29, 0.717) is 29.2 Å². The number of ether oxygens (including phenoxy) is 1. The Labute approximate surface area is 214 Å². The summed E-state index contributed by atoms with van der Waals surface area (Å²) in [5, 5.41) is 11.8. The van der Waals surface area contributed by atoms with Crippen molar-refractivity contribution < 1.29 is 28.3 Å². The topological polar surface area (TPSA) is 164 Å². The number of benzene rings is 1. The molecule has 0 saturated carbocycles. The van der Waals surface area contributed by atoms with Crippen LogP contribution in [0.25, 0.3) is 11.2 Å². The van der Waals surface area contributed by atoms with Crippen LogP contribution in [0.5, 0.6) is 11.6 Å². The third kappa shape index (κ3) is 5.92. The third-order valence-corrected chi connectivity index (χ3v) is 7.69. The number of rotatable bonds is 10. The minimum Gasteiger partial charge on any atom is -0.480 e. The van der Waals surface area contributed by atoms with E-state index in [1.54, 1.807) is 30.6 Å². The normalized spacial score (nSPS) is 20.0. The fraction of sp³-hybridized carbons (Fsp3) is 0.333. The molecule has 14 heteroatoms. The molecule has 1 aliphatic carbocycles. The van der Waals surface area contributed by atoms with Crippen molar-refractivity contribution in [2.45, 2.75) is 25.4 Å². The van der Waals surface area contributed by atoms with Crippen LogP contribution in [0.1, 0.15) is 19.4 Å². The quantitative estimate of drug-likeness (QED) is 0.174. The molecule has 1 aliphatic rings. The summed E-state index contributed by atoms with van der Waals surface area (Å²) in [5.41, 5.74) is 6.84. The van der Waals surface area contributed by atoms with Crippen molar-refractivity contribution in [3.63, 3.8) is 0 Å². The highest BCUT2D eigenvalue weighted by atomic mass is 127. The summed E-state index contributed by atoms with van der Waals surface area (Å²) >= 11 is 2.14. The van der Waals surface area contributed by atoms with Gasteiger partial charge in [-0.25, -0.2) is 9.55 Å². The Morgan fingerprint density at radius 3 is 2.77 bits per heavy atom. The second-order valence-corrected chi connectivity index (χ2v) is 10.8. The molecule has 4 atom stereocenters. The van der Waals surface area contributed by atoms with Crippen molar-refractivity contribution in [2.75, 3.05) is 19.5 Å². The summed E-state index contributed by atoms with van der Waals surface area (Å²) < 4.78 is 32.8. The molecule has 0 aliphatic heterocycles. The summed E-state index contributed by atoms with van der Waals surface area (Å²) in [4.78, 5) is 24.0. The molecular weight excluding hydrogens is 590 g/mol. The van der Waals surface area contributed by atoms with Gasteiger partial charge in [0.2, 0.25) is 11.8 Å². The van der Waals surface area contributed by atoms with Crippen LogP contribution in [0.3, 0.4) is 0 Å². The average Bonchev–Trinajstić information content (AvgIpc) is 3.45. The summed E-state index contributed by atoms with van der Waals surface area (Å²) in [6, 6.07) is 5.60. The lowest BCUT2D eigenvalue weighted by atomic mass is 10.1. The summed E-state index contributed by atoms with van der Waals surface area (Å²) in [5.74, 6) is -0.626. The van der Waals surface area contributed by atoms with E-state index in [9.17, 15) is 14.5 Å². The molecule has 0 spiro atoms. The van der Waals surface area contributed by atoms with Crippen molar-refractivity contribution in [3.8, 4) is 11.6 Å². The number of carboxylic acid groups (broad SMARTS) is 1. The van der Waals surface area contributed by atoms with E-state index in [4.69, 9.17) is 19.5 Å². The second-order valence-electron chi connectivity index (χ2n) is 7.89. The van der Waals surface area contributed by atoms with E-state index in [1.807, 2.05) is 16.7 Å².